The number of hydrogen-bond acceptors (Lipinski definition) is 7. The van der Waals surface area contributed by atoms with Gasteiger partial charge >= 0.3 is 0 Å². The van der Waals surface area contributed by atoms with Gasteiger partial charge in [-0.15, -0.1) is 10.2 Å². The van der Waals surface area contributed by atoms with E-state index < -0.39 is 0 Å². The number of carbonyl (C=O) groups excluding carboxylic acids is 1. The van der Waals surface area contributed by atoms with Crippen LogP contribution in [0.5, 0.6) is 5.75 Å². The van der Waals surface area contributed by atoms with Crippen LogP contribution in [0.15, 0.2) is 47.4 Å². The van der Waals surface area contributed by atoms with E-state index in [0.717, 1.165) is 24.2 Å². The van der Waals surface area contributed by atoms with Gasteiger partial charge in [-0.3, -0.25) is 9.20 Å². The largest absolute Gasteiger partial charge is 0.493 e. The highest BCUT2D eigenvalue weighted by molar-refractivity contribution is 5.97. The zero-order valence-electron chi connectivity index (χ0n) is 15.2. The van der Waals surface area contributed by atoms with E-state index in [-0.39, 0.29) is 17.7 Å². The molecular weight excluding hydrogens is 360 g/mol. The molecule has 1 amide bonds. The van der Waals surface area contributed by atoms with E-state index in [1.54, 1.807) is 31.8 Å². The summed E-state index contributed by atoms with van der Waals surface area (Å²) in [6.45, 7) is 1.42. The number of fused-ring (bicyclic) bond motifs is 2. The van der Waals surface area contributed by atoms with E-state index in [9.17, 15) is 4.79 Å². The Morgan fingerprint density at radius 3 is 3.21 bits per heavy atom. The molecular formula is C19H18N6O3. The van der Waals surface area contributed by atoms with Crippen molar-refractivity contribution in [1.82, 2.24) is 24.9 Å². The molecule has 0 bridgehead atoms. The highest BCUT2D eigenvalue weighted by atomic mass is 16.5. The number of carbonyl (C=O) groups is 1. The van der Waals surface area contributed by atoms with Gasteiger partial charge in [0.05, 0.1) is 7.11 Å². The molecule has 9 nitrogen and oxygen atoms in total. The third-order valence-corrected chi connectivity index (χ3v) is 4.97. The molecule has 0 unspecified atom stereocenters. The van der Waals surface area contributed by atoms with Crippen LogP contribution in [0.3, 0.4) is 0 Å². The average molecular weight is 378 g/mol. The summed E-state index contributed by atoms with van der Waals surface area (Å²) in [7, 11) is 1.58. The molecule has 0 radical (unpaired) electrons. The third-order valence-electron chi connectivity index (χ3n) is 4.97. The van der Waals surface area contributed by atoms with Crippen molar-refractivity contribution in [3.63, 3.8) is 0 Å². The molecule has 1 aliphatic heterocycles. The van der Waals surface area contributed by atoms with E-state index in [2.05, 4.69) is 25.4 Å². The Balaban J connectivity index is 1.32. The lowest BCUT2D eigenvalue weighted by Crippen LogP contribution is -2.37. The average Bonchev–Trinajstić information content (AvgIpc) is 3.45. The fraction of sp³-hybridized carbons (Fsp3) is 0.263. The van der Waals surface area contributed by atoms with E-state index in [1.807, 2.05) is 22.7 Å². The Bertz CT molecular complexity index is 1170. The zero-order chi connectivity index (χ0) is 19.1. The summed E-state index contributed by atoms with van der Waals surface area (Å²) in [4.78, 5) is 19.2. The Kier molecular flexibility index (Phi) is 3.85. The molecule has 142 valence electrons. The highest BCUT2D eigenvalue weighted by Crippen LogP contribution is 2.28. The summed E-state index contributed by atoms with van der Waals surface area (Å²) in [6, 6.07) is 7.29. The Labute approximate surface area is 159 Å². The van der Waals surface area contributed by atoms with Crippen LogP contribution in [0.2, 0.25) is 0 Å². The first-order chi connectivity index (χ1) is 13.7. The minimum atomic E-state index is -0.237. The summed E-state index contributed by atoms with van der Waals surface area (Å²) >= 11 is 0. The van der Waals surface area contributed by atoms with E-state index in [0.29, 0.717) is 23.5 Å². The van der Waals surface area contributed by atoms with Crippen LogP contribution in [-0.2, 0) is 0 Å². The summed E-state index contributed by atoms with van der Waals surface area (Å²) in [6.07, 6.45) is 5.99. The van der Waals surface area contributed by atoms with Crippen LogP contribution < -0.4 is 15.0 Å². The Hall–Kier alpha value is -3.62. The number of hydrogen-bond donors (Lipinski definition) is 1. The van der Waals surface area contributed by atoms with Gasteiger partial charge in [-0.05, 0) is 18.6 Å². The van der Waals surface area contributed by atoms with Gasteiger partial charge in [0.2, 0.25) is 5.65 Å². The molecule has 1 saturated heterocycles. The van der Waals surface area contributed by atoms with Gasteiger partial charge in [0.1, 0.15) is 6.33 Å². The number of benzene rings is 1. The van der Waals surface area contributed by atoms with Crippen molar-refractivity contribution < 1.29 is 13.9 Å². The molecule has 9 heteroatoms. The van der Waals surface area contributed by atoms with Crippen molar-refractivity contribution >= 4 is 28.3 Å². The quantitative estimate of drug-likeness (QED) is 0.579. The number of ether oxygens (including phenoxy) is 1. The van der Waals surface area contributed by atoms with Crippen LogP contribution in [0, 0.1) is 0 Å². The first-order valence-corrected chi connectivity index (χ1v) is 8.99. The molecule has 4 aromatic rings. The van der Waals surface area contributed by atoms with Crippen molar-refractivity contribution in [3.05, 3.63) is 48.7 Å². The van der Waals surface area contributed by atoms with Crippen molar-refractivity contribution in [2.24, 2.45) is 0 Å². The van der Waals surface area contributed by atoms with Gasteiger partial charge in [-0.25, -0.2) is 4.98 Å². The second-order valence-electron chi connectivity index (χ2n) is 6.71. The van der Waals surface area contributed by atoms with E-state index in [1.165, 1.54) is 0 Å². The molecule has 5 rings (SSSR count). The lowest BCUT2D eigenvalue weighted by atomic mass is 10.2. The van der Waals surface area contributed by atoms with Crippen molar-refractivity contribution in [3.8, 4) is 5.75 Å². The molecule has 0 saturated carbocycles. The van der Waals surface area contributed by atoms with Crippen LogP contribution in [0.25, 0.3) is 16.6 Å². The van der Waals surface area contributed by atoms with Gasteiger partial charge in [-0.2, -0.15) is 0 Å². The minimum absolute atomic E-state index is 0.00687. The molecule has 0 spiro atoms. The predicted octanol–water partition coefficient (Wildman–Crippen LogP) is 1.89. The fourth-order valence-electron chi connectivity index (χ4n) is 3.60. The molecule has 4 heterocycles. The maximum atomic E-state index is 12.7. The van der Waals surface area contributed by atoms with Crippen LogP contribution in [0.4, 0.5) is 5.82 Å². The van der Waals surface area contributed by atoms with Gasteiger partial charge in [-0.1, -0.05) is 12.1 Å². The topological polar surface area (TPSA) is 97.8 Å². The number of methoxy groups -OCH3 is 1. The standard InChI is InChI=1S/C19H18N6O3/c1-27-14-4-2-3-12-9-15(28-16(12)14)19(26)22-13-5-7-24(10-13)17-18-23-21-11-25(18)8-6-20-17/h2-4,6,8-9,11,13H,5,7,10H2,1H3,(H,22,26)/t13-/m0/s1. The van der Waals surface area contributed by atoms with Crippen LogP contribution in [0.1, 0.15) is 17.0 Å². The minimum Gasteiger partial charge on any atom is -0.493 e. The highest BCUT2D eigenvalue weighted by Gasteiger charge is 2.28. The maximum absolute atomic E-state index is 12.7. The number of furan rings is 1. The van der Waals surface area contributed by atoms with Crippen LogP contribution >= 0.6 is 0 Å². The first kappa shape index (κ1) is 16.5. The number of nitrogens with one attached hydrogen (secondary N) is 1. The molecule has 1 fully saturated rings. The Morgan fingerprint density at radius 2 is 2.32 bits per heavy atom. The molecule has 28 heavy (non-hydrogen) atoms. The SMILES string of the molecule is COc1cccc2cc(C(=O)N[C@H]3CCN(c4nccn5cnnc45)C3)oc12. The summed E-state index contributed by atoms with van der Waals surface area (Å²) in [5, 5.41) is 11.9. The third kappa shape index (κ3) is 2.72. The van der Waals surface area contributed by atoms with Crippen LogP contribution in [-0.4, -0.2) is 51.7 Å². The number of aromatic nitrogens is 4. The molecule has 1 N–H and O–H groups in total. The fourth-order valence-corrected chi connectivity index (χ4v) is 3.60. The van der Waals surface area contributed by atoms with Crippen molar-refractivity contribution in [2.45, 2.75) is 12.5 Å². The number of rotatable bonds is 4. The summed E-state index contributed by atoms with van der Waals surface area (Å²) in [5.74, 6) is 1.41. The molecule has 0 aliphatic carbocycles. The van der Waals surface area contributed by atoms with Crippen molar-refractivity contribution in [1.29, 1.82) is 0 Å². The molecule has 1 aliphatic rings. The van der Waals surface area contributed by atoms with Crippen molar-refractivity contribution in [2.75, 3.05) is 25.1 Å². The summed E-state index contributed by atoms with van der Waals surface area (Å²) < 4.78 is 12.9. The lowest BCUT2D eigenvalue weighted by Gasteiger charge is -2.17. The second-order valence-corrected chi connectivity index (χ2v) is 6.71. The van der Waals surface area contributed by atoms with E-state index in [4.69, 9.17) is 9.15 Å². The normalized spacial score (nSPS) is 16.8. The smallest absolute Gasteiger partial charge is 0.287 e. The zero-order valence-corrected chi connectivity index (χ0v) is 15.2. The molecule has 1 atom stereocenters. The number of amides is 1. The number of anilines is 1. The first-order valence-electron chi connectivity index (χ1n) is 8.99. The number of nitrogens with zero attached hydrogens (tertiary/aromatic N) is 5. The Morgan fingerprint density at radius 1 is 1.39 bits per heavy atom. The van der Waals surface area contributed by atoms with Gasteiger partial charge in [0.25, 0.3) is 5.91 Å². The monoisotopic (exact) mass is 378 g/mol. The predicted molar refractivity (Wildman–Crippen MR) is 102 cm³/mol. The molecule has 3 aromatic heterocycles. The second kappa shape index (κ2) is 6.52. The molecule has 1 aromatic carbocycles. The summed E-state index contributed by atoms with van der Waals surface area (Å²) in [5.41, 5.74) is 1.28. The van der Waals surface area contributed by atoms with Gasteiger partial charge < -0.3 is 19.4 Å². The van der Waals surface area contributed by atoms with Gasteiger partial charge in [0.15, 0.2) is 22.9 Å². The van der Waals surface area contributed by atoms with E-state index >= 15 is 0 Å². The maximum Gasteiger partial charge on any atom is 0.287 e. The van der Waals surface area contributed by atoms with Gasteiger partial charge in [0, 0.05) is 36.9 Å². The number of para-hydroxylation sites is 1. The lowest BCUT2D eigenvalue weighted by molar-refractivity contribution is 0.0914.